The number of nitrogens with two attached hydrogens (primary N) is 1. The molecule has 0 fully saturated rings. The molecule has 2 aromatic heterocycles. The first kappa shape index (κ1) is 15.3. The Balaban J connectivity index is 2.28. The Labute approximate surface area is 125 Å². The van der Waals surface area contributed by atoms with Gasteiger partial charge in [0.1, 0.15) is 11.5 Å². The number of aromatic nitrogens is 2. The van der Waals surface area contributed by atoms with Crippen LogP contribution in [0.4, 0.5) is 11.5 Å². The average Bonchev–Trinajstić information content (AvgIpc) is 2.84. The summed E-state index contributed by atoms with van der Waals surface area (Å²) in [6.45, 7) is 3.10. The molecule has 2 aromatic rings. The van der Waals surface area contributed by atoms with Crippen molar-refractivity contribution in [3.8, 4) is 0 Å². The Bertz CT molecular complexity index is 732. The number of nitrogens with zero attached hydrogens (tertiary/aromatic N) is 1. The molecule has 0 bridgehead atoms. The molecule has 0 saturated heterocycles. The summed E-state index contributed by atoms with van der Waals surface area (Å²) in [5.41, 5.74) is 6.24. The molecule has 2 rings (SSSR count). The maximum atomic E-state index is 11.9. The van der Waals surface area contributed by atoms with Crippen LogP contribution in [-0.2, 0) is 17.8 Å². The van der Waals surface area contributed by atoms with E-state index >= 15 is 0 Å². The van der Waals surface area contributed by atoms with Crippen molar-refractivity contribution in [3.05, 3.63) is 42.7 Å². The molecule has 8 heteroatoms. The van der Waals surface area contributed by atoms with Crippen molar-refractivity contribution >= 4 is 22.8 Å². The molecule has 0 saturated carbocycles. The van der Waals surface area contributed by atoms with Crippen molar-refractivity contribution < 1.29 is 4.74 Å². The number of rotatable bonds is 6. The third-order valence-electron chi connectivity index (χ3n) is 3.15. The van der Waals surface area contributed by atoms with Gasteiger partial charge in [-0.3, -0.25) is 14.3 Å². The Morgan fingerprint density at radius 1 is 1.48 bits per heavy atom. The Morgan fingerprint density at radius 2 is 2.24 bits per heavy atom. The van der Waals surface area contributed by atoms with Gasteiger partial charge >= 0.3 is 5.69 Å². The van der Waals surface area contributed by atoms with E-state index in [1.807, 2.05) is 18.4 Å². The van der Waals surface area contributed by atoms with E-state index in [2.05, 4.69) is 10.3 Å². The summed E-state index contributed by atoms with van der Waals surface area (Å²) in [5.74, 6) is 0.120. The number of hydrogen-bond donors (Lipinski definition) is 3. The lowest BCUT2D eigenvalue weighted by Crippen LogP contribution is -2.34. The molecule has 2 heterocycles. The normalized spacial score (nSPS) is 10.8. The second-order valence-electron chi connectivity index (χ2n) is 4.54. The predicted molar refractivity (Wildman–Crippen MR) is 84.0 cm³/mol. The van der Waals surface area contributed by atoms with Gasteiger partial charge in [-0.1, -0.05) is 0 Å². The van der Waals surface area contributed by atoms with Crippen LogP contribution in [0.3, 0.4) is 0 Å². The number of nitrogen functional groups attached to an aromatic ring is 1. The second-order valence-corrected chi connectivity index (χ2v) is 5.54. The Hall–Kier alpha value is -2.06. The van der Waals surface area contributed by atoms with E-state index in [1.165, 1.54) is 11.7 Å². The van der Waals surface area contributed by atoms with Gasteiger partial charge in [-0.2, -0.15) is 0 Å². The zero-order valence-corrected chi connectivity index (χ0v) is 12.8. The summed E-state index contributed by atoms with van der Waals surface area (Å²) >= 11 is 1.60. The quantitative estimate of drug-likeness (QED) is 0.730. The van der Waals surface area contributed by atoms with Gasteiger partial charge in [-0.15, -0.1) is 11.3 Å². The molecular weight excluding hydrogens is 292 g/mol. The third-order valence-corrected chi connectivity index (χ3v) is 4.18. The van der Waals surface area contributed by atoms with Gasteiger partial charge in [0.15, 0.2) is 0 Å². The van der Waals surface area contributed by atoms with Crippen LogP contribution in [-0.4, -0.2) is 23.3 Å². The molecule has 4 N–H and O–H groups in total. The monoisotopic (exact) mass is 310 g/mol. The number of nitrogens with one attached hydrogen (secondary N) is 2. The smallest absolute Gasteiger partial charge is 0.330 e. The zero-order chi connectivity index (χ0) is 15.4. The maximum absolute atomic E-state index is 11.9. The highest BCUT2D eigenvalue weighted by Gasteiger charge is 2.12. The Kier molecular flexibility index (Phi) is 4.81. The van der Waals surface area contributed by atoms with Crippen molar-refractivity contribution in [2.24, 2.45) is 0 Å². The van der Waals surface area contributed by atoms with Gasteiger partial charge in [0.2, 0.25) is 0 Å². The minimum Gasteiger partial charge on any atom is -0.383 e. The van der Waals surface area contributed by atoms with Crippen LogP contribution >= 0.6 is 11.3 Å². The molecule has 0 aliphatic carbocycles. The van der Waals surface area contributed by atoms with Gasteiger partial charge in [0.05, 0.1) is 13.2 Å². The SMILES string of the molecule is COCCn1c(N)c(NCc2sccc2C)c(=O)[nH]c1=O. The van der Waals surface area contributed by atoms with Crippen LogP contribution in [0, 0.1) is 6.92 Å². The minimum absolute atomic E-state index is 0.120. The standard InChI is InChI=1S/C13H18N4O3S/c1-8-3-6-21-9(8)7-15-10-11(14)17(4-5-20-2)13(19)16-12(10)18/h3,6,15H,4-5,7,14H2,1-2H3,(H,16,18,19). The molecule has 0 aliphatic heterocycles. The number of aromatic amines is 1. The van der Waals surface area contributed by atoms with Gasteiger partial charge in [0.25, 0.3) is 5.56 Å². The van der Waals surface area contributed by atoms with E-state index in [9.17, 15) is 9.59 Å². The van der Waals surface area contributed by atoms with Gasteiger partial charge in [0, 0.05) is 18.5 Å². The lowest BCUT2D eigenvalue weighted by Gasteiger charge is -2.13. The maximum Gasteiger partial charge on any atom is 0.330 e. The molecule has 114 valence electrons. The number of aryl methyl sites for hydroxylation is 1. The van der Waals surface area contributed by atoms with E-state index in [-0.39, 0.29) is 18.1 Å². The van der Waals surface area contributed by atoms with Crippen molar-refractivity contribution in [1.82, 2.24) is 9.55 Å². The van der Waals surface area contributed by atoms with Crippen molar-refractivity contribution in [2.45, 2.75) is 20.0 Å². The van der Waals surface area contributed by atoms with Gasteiger partial charge < -0.3 is 15.8 Å². The number of anilines is 2. The summed E-state index contributed by atoms with van der Waals surface area (Å²) in [6.07, 6.45) is 0. The second kappa shape index (κ2) is 6.59. The van der Waals surface area contributed by atoms with Crippen LogP contribution in [0.1, 0.15) is 10.4 Å². The van der Waals surface area contributed by atoms with E-state index in [1.54, 1.807) is 11.3 Å². The fourth-order valence-electron chi connectivity index (χ4n) is 1.92. The lowest BCUT2D eigenvalue weighted by atomic mass is 10.3. The first-order chi connectivity index (χ1) is 10.0. The summed E-state index contributed by atoms with van der Waals surface area (Å²) in [7, 11) is 1.53. The molecular formula is C13H18N4O3S. The lowest BCUT2D eigenvalue weighted by molar-refractivity contribution is 0.186. The number of thiophene rings is 1. The van der Waals surface area contributed by atoms with Crippen LogP contribution in [0.15, 0.2) is 21.0 Å². The van der Waals surface area contributed by atoms with Gasteiger partial charge in [-0.05, 0) is 23.9 Å². The molecule has 0 amide bonds. The van der Waals surface area contributed by atoms with Crippen molar-refractivity contribution in [1.29, 1.82) is 0 Å². The molecule has 0 aromatic carbocycles. The third kappa shape index (κ3) is 3.34. The van der Waals surface area contributed by atoms with Crippen molar-refractivity contribution in [3.63, 3.8) is 0 Å². The van der Waals surface area contributed by atoms with Gasteiger partial charge in [-0.25, -0.2) is 4.79 Å². The summed E-state index contributed by atoms with van der Waals surface area (Å²) < 4.78 is 6.22. The molecule has 7 nitrogen and oxygen atoms in total. The number of methoxy groups -OCH3 is 1. The van der Waals surface area contributed by atoms with Crippen LogP contribution in [0.25, 0.3) is 0 Å². The van der Waals surface area contributed by atoms with E-state index in [0.29, 0.717) is 13.2 Å². The molecule has 0 unspecified atom stereocenters. The van der Waals surface area contributed by atoms with Crippen LogP contribution in [0.5, 0.6) is 0 Å². The molecule has 0 aliphatic rings. The highest BCUT2D eigenvalue weighted by molar-refractivity contribution is 7.10. The summed E-state index contributed by atoms with van der Waals surface area (Å²) in [4.78, 5) is 27.0. The zero-order valence-electron chi connectivity index (χ0n) is 11.9. The molecule has 0 atom stereocenters. The highest BCUT2D eigenvalue weighted by atomic mass is 32.1. The topological polar surface area (TPSA) is 102 Å². The first-order valence-electron chi connectivity index (χ1n) is 6.43. The molecule has 21 heavy (non-hydrogen) atoms. The molecule has 0 spiro atoms. The fourth-order valence-corrected chi connectivity index (χ4v) is 2.76. The summed E-state index contributed by atoms with van der Waals surface area (Å²) in [6, 6.07) is 2.01. The number of ether oxygens (including phenoxy) is 1. The molecule has 0 radical (unpaired) electrons. The minimum atomic E-state index is -0.535. The van der Waals surface area contributed by atoms with Crippen LogP contribution < -0.4 is 22.3 Å². The van der Waals surface area contributed by atoms with E-state index in [4.69, 9.17) is 10.5 Å². The Morgan fingerprint density at radius 3 is 2.86 bits per heavy atom. The number of H-pyrrole nitrogens is 1. The highest BCUT2D eigenvalue weighted by Crippen LogP contribution is 2.18. The number of hydrogen-bond acceptors (Lipinski definition) is 6. The van der Waals surface area contributed by atoms with E-state index in [0.717, 1.165) is 10.4 Å². The fraction of sp³-hybridized carbons (Fsp3) is 0.385. The van der Waals surface area contributed by atoms with Crippen molar-refractivity contribution in [2.75, 3.05) is 24.8 Å². The first-order valence-corrected chi connectivity index (χ1v) is 7.31. The van der Waals surface area contributed by atoms with Crippen LogP contribution in [0.2, 0.25) is 0 Å². The summed E-state index contributed by atoms with van der Waals surface area (Å²) in [5, 5.41) is 5.00. The van der Waals surface area contributed by atoms with E-state index < -0.39 is 11.2 Å². The largest absolute Gasteiger partial charge is 0.383 e. The average molecular weight is 310 g/mol. The predicted octanol–water partition coefficient (Wildman–Crippen LogP) is 0.747.